The van der Waals surface area contributed by atoms with Gasteiger partial charge < -0.3 is 5.11 Å². The summed E-state index contributed by atoms with van der Waals surface area (Å²) in [5, 5.41) is 9.18. The van der Waals surface area contributed by atoms with Crippen LogP contribution >= 0.6 is 0 Å². The molecule has 0 heterocycles. The number of hydrogen-bond acceptors (Lipinski definition) is 2. The molecule has 0 saturated heterocycles. The van der Waals surface area contributed by atoms with Crippen LogP contribution in [0.5, 0.6) is 0 Å². The fourth-order valence-corrected chi connectivity index (χ4v) is 2.22. The molecule has 0 aliphatic heterocycles. The summed E-state index contributed by atoms with van der Waals surface area (Å²) in [5.74, 6) is -0.871. The number of carbonyl (C=O) groups is 1. The van der Waals surface area contributed by atoms with Crippen LogP contribution in [0.1, 0.15) is 27.0 Å². The normalized spacial score (nSPS) is 10.8. The van der Waals surface area contributed by atoms with Gasteiger partial charge in [0.05, 0.1) is 5.56 Å². The van der Waals surface area contributed by atoms with Gasteiger partial charge in [-0.25, -0.2) is 4.79 Å². The van der Waals surface area contributed by atoms with E-state index < -0.39 is 5.97 Å². The van der Waals surface area contributed by atoms with E-state index in [0.29, 0.717) is 12.1 Å². The maximum atomic E-state index is 11.2. The third-order valence-electron chi connectivity index (χ3n) is 3.26. The van der Waals surface area contributed by atoms with Gasteiger partial charge in [0, 0.05) is 13.1 Å². The van der Waals surface area contributed by atoms with Gasteiger partial charge in [-0.2, -0.15) is 0 Å². The molecule has 0 aliphatic carbocycles. The Hall–Kier alpha value is -2.13. The topological polar surface area (TPSA) is 40.5 Å². The highest BCUT2D eigenvalue weighted by Crippen LogP contribution is 2.13. The second-order valence-electron chi connectivity index (χ2n) is 5.12. The summed E-state index contributed by atoms with van der Waals surface area (Å²) in [7, 11) is 2.00. The zero-order valence-electron chi connectivity index (χ0n) is 11.8. The predicted octanol–water partition coefficient (Wildman–Crippen LogP) is 3.33. The molecule has 2 aromatic carbocycles. The number of carboxylic acids is 1. The number of aromatic carboxylic acids is 1. The monoisotopic (exact) mass is 269 g/mol. The zero-order chi connectivity index (χ0) is 14.5. The van der Waals surface area contributed by atoms with Crippen LogP contribution in [-0.2, 0) is 13.1 Å². The highest BCUT2D eigenvalue weighted by molar-refractivity contribution is 5.89. The Morgan fingerprint density at radius 1 is 1.05 bits per heavy atom. The molecule has 2 aromatic rings. The highest BCUT2D eigenvalue weighted by Gasteiger charge is 2.10. The van der Waals surface area contributed by atoms with Gasteiger partial charge in [-0.05, 0) is 31.2 Å². The third kappa shape index (κ3) is 3.68. The Labute approximate surface area is 119 Å². The summed E-state index contributed by atoms with van der Waals surface area (Å²) >= 11 is 0. The van der Waals surface area contributed by atoms with Crippen molar-refractivity contribution >= 4 is 5.97 Å². The first-order valence-electron chi connectivity index (χ1n) is 6.61. The van der Waals surface area contributed by atoms with Crippen LogP contribution in [0.4, 0.5) is 0 Å². The maximum absolute atomic E-state index is 11.2. The second-order valence-corrected chi connectivity index (χ2v) is 5.12. The number of rotatable bonds is 5. The van der Waals surface area contributed by atoms with Gasteiger partial charge in [0.2, 0.25) is 0 Å². The second kappa shape index (κ2) is 6.35. The van der Waals surface area contributed by atoms with Crippen LogP contribution < -0.4 is 0 Å². The van der Waals surface area contributed by atoms with E-state index in [2.05, 4.69) is 36.1 Å². The fourth-order valence-electron chi connectivity index (χ4n) is 2.22. The first-order chi connectivity index (χ1) is 9.56. The molecule has 0 spiro atoms. The molecule has 104 valence electrons. The van der Waals surface area contributed by atoms with E-state index in [0.717, 1.165) is 12.1 Å². The number of benzene rings is 2. The standard InChI is InChI=1S/C17H19NO2/c1-13-7-9-14(10-8-13)11-18(2)12-15-5-3-4-6-16(15)17(19)20/h3-10H,11-12H2,1-2H3,(H,19,20). The largest absolute Gasteiger partial charge is 0.478 e. The molecule has 0 aliphatic rings. The van der Waals surface area contributed by atoms with Gasteiger partial charge in [-0.1, -0.05) is 48.0 Å². The number of aryl methyl sites for hydroxylation is 1. The summed E-state index contributed by atoms with van der Waals surface area (Å²) in [5.41, 5.74) is 3.69. The molecule has 0 fully saturated rings. The van der Waals surface area contributed by atoms with Crippen molar-refractivity contribution in [2.24, 2.45) is 0 Å². The molecule has 0 bridgehead atoms. The lowest BCUT2D eigenvalue weighted by atomic mass is 10.1. The van der Waals surface area contributed by atoms with Crippen LogP contribution in [0.15, 0.2) is 48.5 Å². The van der Waals surface area contributed by atoms with E-state index >= 15 is 0 Å². The smallest absolute Gasteiger partial charge is 0.336 e. The molecule has 3 nitrogen and oxygen atoms in total. The van der Waals surface area contributed by atoms with E-state index in [-0.39, 0.29) is 0 Å². The number of carboxylic acid groups (broad SMARTS) is 1. The molecular weight excluding hydrogens is 250 g/mol. The van der Waals surface area contributed by atoms with Crippen LogP contribution in [-0.4, -0.2) is 23.0 Å². The lowest BCUT2D eigenvalue weighted by Crippen LogP contribution is -2.19. The Bertz CT molecular complexity index is 590. The van der Waals surface area contributed by atoms with Crippen molar-refractivity contribution in [2.75, 3.05) is 7.05 Å². The average molecular weight is 269 g/mol. The molecule has 0 aromatic heterocycles. The quantitative estimate of drug-likeness (QED) is 0.905. The molecular formula is C17H19NO2. The first kappa shape index (κ1) is 14.3. The van der Waals surface area contributed by atoms with Crippen molar-refractivity contribution in [3.8, 4) is 0 Å². The van der Waals surface area contributed by atoms with E-state index in [4.69, 9.17) is 0 Å². The Morgan fingerprint density at radius 2 is 1.70 bits per heavy atom. The molecule has 1 N–H and O–H groups in total. The SMILES string of the molecule is Cc1ccc(CN(C)Cc2ccccc2C(=O)O)cc1. The van der Waals surface area contributed by atoms with Gasteiger partial charge in [-0.3, -0.25) is 4.90 Å². The zero-order valence-corrected chi connectivity index (χ0v) is 11.8. The van der Waals surface area contributed by atoms with Crippen LogP contribution in [0.25, 0.3) is 0 Å². The third-order valence-corrected chi connectivity index (χ3v) is 3.26. The van der Waals surface area contributed by atoms with Crippen LogP contribution in [0.3, 0.4) is 0 Å². The molecule has 0 saturated carbocycles. The summed E-state index contributed by atoms with van der Waals surface area (Å²) in [4.78, 5) is 13.3. The van der Waals surface area contributed by atoms with Crippen molar-refractivity contribution in [1.82, 2.24) is 4.90 Å². The molecule has 2 rings (SSSR count). The van der Waals surface area contributed by atoms with E-state index in [1.807, 2.05) is 19.2 Å². The van der Waals surface area contributed by atoms with Crippen molar-refractivity contribution in [3.05, 3.63) is 70.8 Å². The average Bonchev–Trinajstić information content (AvgIpc) is 2.41. The minimum Gasteiger partial charge on any atom is -0.478 e. The van der Waals surface area contributed by atoms with Gasteiger partial charge in [0.15, 0.2) is 0 Å². The summed E-state index contributed by atoms with van der Waals surface area (Å²) in [6.07, 6.45) is 0. The van der Waals surface area contributed by atoms with Crippen LogP contribution in [0, 0.1) is 6.92 Å². The van der Waals surface area contributed by atoms with Gasteiger partial charge in [0.1, 0.15) is 0 Å². The molecule has 0 amide bonds. The maximum Gasteiger partial charge on any atom is 0.336 e. The molecule has 3 heteroatoms. The first-order valence-corrected chi connectivity index (χ1v) is 6.61. The lowest BCUT2D eigenvalue weighted by Gasteiger charge is -2.18. The van der Waals surface area contributed by atoms with Crippen LogP contribution in [0.2, 0.25) is 0 Å². The Kier molecular flexibility index (Phi) is 4.53. The van der Waals surface area contributed by atoms with E-state index in [9.17, 15) is 9.90 Å². The van der Waals surface area contributed by atoms with Crippen molar-refractivity contribution in [1.29, 1.82) is 0 Å². The van der Waals surface area contributed by atoms with Gasteiger partial charge in [-0.15, -0.1) is 0 Å². The summed E-state index contributed by atoms with van der Waals surface area (Å²) in [6, 6.07) is 15.5. The molecule has 0 atom stereocenters. The van der Waals surface area contributed by atoms with Crippen molar-refractivity contribution < 1.29 is 9.90 Å². The van der Waals surface area contributed by atoms with Crippen molar-refractivity contribution in [3.63, 3.8) is 0 Å². The summed E-state index contributed by atoms with van der Waals surface area (Å²) in [6.45, 7) is 3.49. The molecule has 0 unspecified atom stereocenters. The minimum atomic E-state index is -0.871. The predicted molar refractivity (Wildman–Crippen MR) is 79.8 cm³/mol. The summed E-state index contributed by atoms with van der Waals surface area (Å²) < 4.78 is 0. The molecule has 0 radical (unpaired) electrons. The minimum absolute atomic E-state index is 0.378. The highest BCUT2D eigenvalue weighted by atomic mass is 16.4. The lowest BCUT2D eigenvalue weighted by molar-refractivity contribution is 0.0694. The fraction of sp³-hybridized carbons (Fsp3) is 0.235. The number of nitrogens with zero attached hydrogens (tertiary/aromatic N) is 1. The van der Waals surface area contributed by atoms with Gasteiger partial charge >= 0.3 is 5.97 Å². The van der Waals surface area contributed by atoms with Gasteiger partial charge in [0.25, 0.3) is 0 Å². The molecule has 20 heavy (non-hydrogen) atoms. The Balaban J connectivity index is 2.06. The van der Waals surface area contributed by atoms with Crippen molar-refractivity contribution in [2.45, 2.75) is 20.0 Å². The van der Waals surface area contributed by atoms with E-state index in [1.165, 1.54) is 11.1 Å². The van der Waals surface area contributed by atoms with E-state index in [1.54, 1.807) is 12.1 Å². The Morgan fingerprint density at radius 3 is 2.35 bits per heavy atom. The number of hydrogen-bond donors (Lipinski definition) is 1.